The van der Waals surface area contributed by atoms with Gasteiger partial charge >= 0.3 is 0 Å². The number of nitrogens with one attached hydrogen (secondary N) is 2. The minimum Gasteiger partial charge on any atom is -0.375 e. The molecule has 1 unspecified atom stereocenters. The van der Waals surface area contributed by atoms with Crippen LogP contribution in [0, 0.1) is 12.7 Å². The van der Waals surface area contributed by atoms with E-state index in [0.717, 1.165) is 0 Å². The molecule has 7 nitrogen and oxygen atoms in total. The van der Waals surface area contributed by atoms with E-state index in [4.69, 9.17) is 0 Å². The van der Waals surface area contributed by atoms with Gasteiger partial charge in [0.1, 0.15) is 5.82 Å². The molecule has 2 aromatic heterocycles. The predicted molar refractivity (Wildman–Crippen MR) is 119 cm³/mol. The van der Waals surface area contributed by atoms with E-state index >= 15 is 0 Å². The van der Waals surface area contributed by atoms with Gasteiger partial charge in [0, 0.05) is 25.4 Å². The smallest absolute Gasteiger partial charge is 0.280 e. The summed E-state index contributed by atoms with van der Waals surface area (Å²) in [6.45, 7) is 2.03. The summed E-state index contributed by atoms with van der Waals surface area (Å²) in [5.74, 6) is -3.98. The Bertz CT molecular complexity index is 1180. The molecule has 1 aliphatic heterocycles. The topological polar surface area (TPSA) is 75.1 Å². The zero-order chi connectivity index (χ0) is 23.8. The maximum Gasteiger partial charge on any atom is 0.280 e. The van der Waals surface area contributed by atoms with E-state index in [1.165, 1.54) is 25.4 Å². The molecule has 1 aromatic carbocycles. The molecule has 2 N–H and O–H groups in total. The lowest BCUT2D eigenvalue weighted by molar-refractivity contribution is -0.0673. The molecule has 1 saturated heterocycles. The summed E-state index contributed by atoms with van der Waals surface area (Å²) in [6, 6.07) is 3.52. The molecule has 1 atom stereocenters. The number of anilines is 1. The van der Waals surface area contributed by atoms with E-state index < -0.39 is 23.7 Å². The number of alkyl halides is 2. The van der Waals surface area contributed by atoms with Gasteiger partial charge in [0.25, 0.3) is 11.8 Å². The van der Waals surface area contributed by atoms with Crippen molar-refractivity contribution in [3.8, 4) is 16.8 Å². The second-order valence-corrected chi connectivity index (χ2v) is 8.32. The Morgan fingerprint density at radius 1 is 1.21 bits per heavy atom. The van der Waals surface area contributed by atoms with Gasteiger partial charge < -0.3 is 15.5 Å². The molecular formula is C23H25F3N6O. The fraction of sp³-hybridized carbons (Fsp3) is 0.348. The Morgan fingerprint density at radius 3 is 2.73 bits per heavy atom. The fourth-order valence-corrected chi connectivity index (χ4v) is 4.02. The number of aryl methyl sites for hydroxylation is 1. The minimum atomic E-state index is -2.86. The zero-order valence-corrected chi connectivity index (χ0v) is 18.6. The van der Waals surface area contributed by atoms with Crippen molar-refractivity contribution < 1.29 is 18.0 Å². The molecule has 0 aliphatic carbocycles. The maximum atomic E-state index is 14.4. The van der Waals surface area contributed by atoms with Gasteiger partial charge in [-0.15, -0.1) is 0 Å². The number of halogens is 3. The third kappa shape index (κ3) is 4.70. The summed E-state index contributed by atoms with van der Waals surface area (Å²) in [5.41, 5.74) is 2.98. The molecule has 1 amide bonds. The average molecular weight is 458 g/mol. The summed E-state index contributed by atoms with van der Waals surface area (Å²) in [7, 11) is 3.12. The Balaban J connectivity index is 1.59. The van der Waals surface area contributed by atoms with Crippen molar-refractivity contribution in [1.82, 2.24) is 25.0 Å². The van der Waals surface area contributed by atoms with Gasteiger partial charge in [-0.1, -0.05) is 0 Å². The van der Waals surface area contributed by atoms with Gasteiger partial charge in [-0.3, -0.25) is 9.78 Å². The molecule has 174 valence electrons. The van der Waals surface area contributed by atoms with Crippen LogP contribution in [0.4, 0.5) is 18.9 Å². The lowest BCUT2D eigenvalue weighted by atomic mass is 9.99. The number of carbonyl (C=O) groups excluding carboxylic acids is 1. The largest absolute Gasteiger partial charge is 0.375 e. The van der Waals surface area contributed by atoms with Crippen molar-refractivity contribution >= 4 is 11.6 Å². The zero-order valence-electron chi connectivity index (χ0n) is 18.6. The summed E-state index contributed by atoms with van der Waals surface area (Å²) >= 11 is 0. The van der Waals surface area contributed by atoms with Gasteiger partial charge in [0.2, 0.25) is 0 Å². The first-order valence-corrected chi connectivity index (χ1v) is 10.5. The Morgan fingerprint density at radius 2 is 2.00 bits per heavy atom. The van der Waals surface area contributed by atoms with Crippen LogP contribution in [0.2, 0.25) is 0 Å². The van der Waals surface area contributed by atoms with Crippen LogP contribution >= 0.6 is 0 Å². The number of hydrogen-bond donors (Lipinski definition) is 2. The van der Waals surface area contributed by atoms with Crippen LogP contribution in [0.25, 0.3) is 16.8 Å². The van der Waals surface area contributed by atoms with Gasteiger partial charge in [-0.05, 0) is 49.7 Å². The highest BCUT2D eigenvalue weighted by atomic mass is 19.3. The third-order valence-electron chi connectivity index (χ3n) is 5.80. The number of hydrogen-bond acceptors (Lipinski definition) is 5. The predicted octanol–water partition coefficient (Wildman–Crippen LogP) is 3.49. The van der Waals surface area contributed by atoms with E-state index in [-0.39, 0.29) is 12.1 Å². The van der Waals surface area contributed by atoms with Crippen LogP contribution in [0.15, 0.2) is 43.0 Å². The highest BCUT2D eigenvalue weighted by Crippen LogP contribution is 2.30. The highest BCUT2D eigenvalue weighted by Gasteiger charge is 2.43. The number of amides is 1. The van der Waals surface area contributed by atoms with Crippen LogP contribution in [0.5, 0.6) is 0 Å². The number of nitrogens with zero attached hydrogens (tertiary/aromatic N) is 4. The van der Waals surface area contributed by atoms with Crippen LogP contribution < -0.4 is 10.6 Å². The monoisotopic (exact) mass is 458 g/mol. The summed E-state index contributed by atoms with van der Waals surface area (Å²) in [5, 5.41) is 9.69. The van der Waals surface area contributed by atoms with Crippen molar-refractivity contribution in [2.75, 3.05) is 32.5 Å². The number of rotatable bonds is 5. The van der Waals surface area contributed by atoms with Crippen LogP contribution in [-0.4, -0.2) is 64.7 Å². The quantitative estimate of drug-likeness (QED) is 0.612. The Kier molecular flexibility index (Phi) is 6.11. The van der Waals surface area contributed by atoms with Crippen molar-refractivity contribution in [2.45, 2.75) is 25.3 Å². The number of piperidine rings is 1. The van der Waals surface area contributed by atoms with Crippen molar-refractivity contribution in [1.29, 1.82) is 0 Å². The molecule has 3 heterocycles. The molecule has 1 fully saturated rings. The molecule has 4 rings (SSSR count). The minimum absolute atomic E-state index is 0.0576. The molecular weight excluding hydrogens is 433 g/mol. The van der Waals surface area contributed by atoms with E-state index in [0.29, 0.717) is 41.0 Å². The normalized spacial score (nSPS) is 18.2. The first kappa shape index (κ1) is 22.8. The van der Waals surface area contributed by atoms with Crippen molar-refractivity contribution in [3.63, 3.8) is 0 Å². The standard InChI is InChI=1S/C23H25F3N6O/c1-14-6-20(24)19(22(33)27-2)8-18(14)15-9-29-32(12-15)17-7-16(10-28-11-17)30-21-4-5-31(3)13-23(21,25)26/h6-12,21,30H,4-5,13H2,1-3H3,(H,27,33). The van der Waals surface area contributed by atoms with Gasteiger partial charge in [-0.2, -0.15) is 5.10 Å². The Labute approximate surface area is 189 Å². The van der Waals surface area contributed by atoms with E-state index in [2.05, 4.69) is 20.7 Å². The Hall–Kier alpha value is -3.40. The van der Waals surface area contributed by atoms with Crippen molar-refractivity contribution in [3.05, 3.63) is 59.9 Å². The first-order valence-electron chi connectivity index (χ1n) is 10.5. The summed E-state index contributed by atoms with van der Waals surface area (Å²) < 4.78 is 44.6. The van der Waals surface area contributed by atoms with Gasteiger partial charge in [-0.25, -0.2) is 17.9 Å². The number of aromatic nitrogens is 3. The van der Waals surface area contributed by atoms with Crippen LogP contribution in [-0.2, 0) is 0 Å². The first-order chi connectivity index (χ1) is 15.7. The second kappa shape index (κ2) is 8.86. The highest BCUT2D eigenvalue weighted by molar-refractivity contribution is 5.95. The number of pyridine rings is 1. The van der Waals surface area contributed by atoms with E-state index in [1.807, 2.05) is 0 Å². The SMILES string of the molecule is CNC(=O)c1cc(-c2cnn(-c3cncc(NC4CCN(C)CC4(F)F)c3)c2)c(C)cc1F. The van der Waals surface area contributed by atoms with Gasteiger partial charge in [0.15, 0.2) is 0 Å². The van der Waals surface area contributed by atoms with Crippen LogP contribution in [0.1, 0.15) is 22.3 Å². The molecule has 0 spiro atoms. The maximum absolute atomic E-state index is 14.4. The molecule has 0 bridgehead atoms. The number of carbonyl (C=O) groups is 1. The molecule has 0 radical (unpaired) electrons. The van der Waals surface area contributed by atoms with E-state index in [9.17, 15) is 18.0 Å². The summed E-state index contributed by atoms with van der Waals surface area (Å²) in [6.07, 6.45) is 6.71. The van der Waals surface area contributed by atoms with Crippen molar-refractivity contribution in [2.24, 2.45) is 0 Å². The number of likely N-dealkylation sites (tertiary alicyclic amines) is 1. The lowest BCUT2D eigenvalue weighted by Crippen LogP contribution is -2.53. The molecule has 3 aromatic rings. The van der Waals surface area contributed by atoms with E-state index in [1.54, 1.807) is 48.2 Å². The molecule has 33 heavy (non-hydrogen) atoms. The van der Waals surface area contributed by atoms with Gasteiger partial charge in [0.05, 0.1) is 48.1 Å². The van der Waals surface area contributed by atoms with Crippen LogP contribution in [0.3, 0.4) is 0 Å². The molecule has 0 saturated carbocycles. The number of benzene rings is 1. The fourth-order valence-electron chi connectivity index (χ4n) is 4.02. The average Bonchev–Trinajstić information content (AvgIpc) is 3.25. The summed E-state index contributed by atoms with van der Waals surface area (Å²) in [4.78, 5) is 17.8. The molecule has 1 aliphatic rings. The second-order valence-electron chi connectivity index (χ2n) is 8.32. The lowest BCUT2D eigenvalue weighted by Gasteiger charge is -2.37. The molecule has 10 heteroatoms. The third-order valence-corrected chi connectivity index (χ3v) is 5.80.